The number of carbonyl (C=O) groups is 2. The Labute approximate surface area is 192 Å². The van der Waals surface area contributed by atoms with E-state index in [4.69, 9.17) is 9.47 Å². The highest BCUT2D eigenvalue weighted by atomic mass is 32.2. The van der Waals surface area contributed by atoms with Crippen molar-refractivity contribution in [1.29, 1.82) is 0 Å². The van der Waals surface area contributed by atoms with E-state index in [2.05, 4.69) is 15.5 Å². The first-order valence-corrected chi connectivity index (χ1v) is 12.7. The van der Waals surface area contributed by atoms with Crippen molar-refractivity contribution >= 4 is 51.3 Å². The number of thioether (sulfide) groups is 1. The Hall–Kier alpha value is -2.21. The predicted molar refractivity (Wildman–Crippen MR) is 122 cm³/mol. The van der Waals surface area contributed by atoms with Gasteiger partial charge in [0, 0.05) is 6.61 Å². The Bertz CT molecular complexity index is 1030. The van der Waals surface area contributed by atoms with Gasteiger partial charge in [0.05, 0.1) is 35.4 Å². The third kappa shape index (κ3) is 5.35. The maximum Gasteiger partial charge on any atom is 0.341 e. The van der Waals surface area contributed by atoms with Crippen LogP contribution in [0.15, 0.2) is 34.1 Å². The van der Waals surface area contributed by atoms with Crippen molar-refractivity contribution in [2.45, 2.75) is 37.6 Å². The van der Waals surface area contributed by atoms with E-state index in [1.807, 2.05) is 22.1 Å². The molecule has 3 aromatic rings. The van der Waals surface area contributed by atoms with Gasteiger partial charge in [-0.15, -0.1) is 32.9 Å². The number of esters is 1. The lowest BCUT2D eigenvalue weighted by molar-refractivity contribution is -0.113. The molecule has 4 rings (SSSR count). The zero-order chi connectivity index (χ0) is 21.6. The van der Waals surface area contributed by atoms with Gasteiger partial charge in [-0.3, -0.25) is 9.36 Å². The molecule has 1 N–H and O–H groups in total. The first kappa shape index (κ1) is 22.0. The largest absolute Gasteiger partial charge is 0.462 e. The van der Waals surface area contributed by atoms with Gasteiger partial charge in [0.25, 0.3) is 0 Å². The molecule has 1 fully saturated rings. The van der Waals surface area contributed by atoms with Crippen molar-refractivity contribution in [1.82, 2.24) is 14.8 Å². The summed E-state index contributed by atoms with van der Waals surface area (Å²) >= 11 is 4.21. The standard InChI is InChI=1S/C20H22N4O4S3/c1-2-27-19(26)14-7-10-30-18(14)21-16(25)12-31-20-23-22-17(15-6-4-9-29-15)24(20)11-13-5-3-8-28-13/h4,6-7,9-10,13H,2-3,5,8,11-12H2,1H3,(H,21,25). The molecular weight excluding hydrogens is 456 g/mol. The number of nitrogens with zero attached hydrogens (tertiary/aromatic N) is 3. The first-order valence-electron chi connectivity index (χ1n) is 9.91. The van der Waals surface area contributed by atoms with E-state index in [-0.39, 0.29) is 24.4 Å². The van der Waals surface area contributed by atoms with Crippen LogP contribution in [0, 0.1) is 0 Å². The zero-order valence-electron chi connectivity index (χ0n) is 16.9. The van der Waals surface area contributed by atoms with Crippen LogP contribution in [0.4, 0.5) is 5.00 Å². The summed E-state index contributed by atoms with van der Waals surface area (Å²) in [6, 6.07) is 5.64. The van der Waals surface area contributed by atoms with Gasteiger partial charge < -0.3 is 14.8 Å². The Kier molecular flexibility index (Phi) is 7.38. The van der Waals surface area contributed by atoms with Gasteiger partial charge >= 0.3 is 5.97 Å². The number of carbonyl (C=O) groups excluding carboxylic acids is 2. The molecule has 1 atom stereocenters. The fourth-order valence-corrected chi connectivity index (χ4v) is 5.46. The Morgan fingerprint density at radius 3 is 2.97 bits per heavy atom. The SMILES string of the molecule is CCOC(=O)c1ccsc1NC(=O)CSc1nnc(-c2cccs2)n1CC1CCCO1. The van der Waals surface area contributed by atoms with Crippen LogP contribution < -0.4 is 5.32 Å². The number of amides is 1. The van der Waals surface area contributed by atoms with Gasteiger partial charge in [-0.05, 0) is 42.7 Å². The second-order valence-electron chi connectivity index (χ2n) is 6.75. The summed E-state index contributed by atoms with van der Waals surface area (Å²) in [5.41, 5.74) is 0.367. The molecule has 1 amide bonds. The molecule has 1 saturated heterocycles. The van der Waals surface area contributed by atoms with Crippen LogP contribution in [0.2, 0.25) is 0 Å². The van der Waals surface area contributed by atoms with E-state index in [1.54, 1.807) is 29.7 Å². The minimum absolute atomic E-state index is 0.126. The second-order valence-corrected chi connectivity index (χ2v) is 9.56. The summed E-state index contributed by atoms with van der Waals surface area (Å²) in [6.07, 6.45) is 2.18. The summed E-state index contributed by atoms with van der Waals surface area (Å²) in [5, 5.41) is 16.4. The third-order valence-electron chi connectivity index (χ3n) is 4.61. The lowest BCUT2D eigenvalue weighted by Crippen LogP contribution is -2.18. The van der Waals surface area contributed by atoms with Crippen LogP contribution in [0.3, 0.4) is 0 Å². The lowest BCUT2D eigenvalue weighted by Gasteiger charge is -2.14. The molecule has 0 spiro atoms. The Balaban J connectivity index is 1.44. The Morgan fingerprint density at radius 1 is 1.32 bits per heavy atom. The highest BCUT2D eigenvalue weighted by Gasteiger charge is 2.23. The van der Waals surface area contributed by atoms with Gasteiger partial charge in [-0.1, -0.05) is 17.8 Å². The molecule has 11 heteroatoms. The molecule has 0 radical (unpaired) electrons. The van der Waals surface area contributed by atoms with Crippen molar-refractivity contribution in [3.05, 3.63) is 34.5 Å². The molecule has 31 heavy (non-hydrogen) atoms. The van der Waals surface area contributed by atoms with E-state index < -0.39 is 5.97 Å². The fourth-order valence-electron chi connectivity index (χ4n) is 3.21. The highest BCUT2D eigenvalue weighted by molar-refractivity contribution is 7.99. The molecule has 4 heterocycles. The molecule has 8 nitrogen and oxygen atoms in total. The second kappa shape index (κ2) is 10.4. The fraction of sp³-hybridized carbons (Fsp3) is 0.400. The lowest BCUT2D eigenvalue weighted by atomic mass is 10.2. The average Bonchev–Trinajstić information content (AvgIpc) is 3.55. The predicted octanol–water partition coefficient (Wildman–Crippen LogP) is 4.15. The number of ether oxygens (including phenoxy) is 2. The summed E-state index contributed by atoms with van der Waals surface area (Å²) < 4.78 is 12.9. The summed E-state index contributed by atoms with van der Waals surface area (Å²) in [5.74, 6) is 0.274. The number of hydrogen-bond acceptors (Lipinski definition) is 9. The van der Waals surface area contributed by atoms with Gasteiger partial charge in [-0.25, -0.2) is 4.79 Å². The quantitative estimate of drug-likeness (QED) is 0.364. The minimum Gasteiger partial charge on any atom is -0.462 e. The van der Waals surface area contributed by atoms with E-state index in [9.17, 15) is 9.59 Å². The molecular formula is C20H22N4O4S3. The van der Waals surface area contributed by atoms with Gasteiger partial charge in [0.1, 0.15) is 5.00 Å². The van der Waals surface area contributed by atoms with Crippen LogP contribution in [-0.2, 0) is 20.8 Å². The van der Waals surface area contributed by atoms with Crippen LogP contribution >= 0.6 is 34.4 Å². The molecule has 0 aromatic carbocycles. The molecule has 1 unspecified atom stereocenters. The maximum atomic E-state index is 12.6. The van der Waals surface area contributed by atoms with Gasteiger partial charge in [-0.2, -0.15) is 0 Å². The van der Waals surface area contributed by atoms with Crippen LogP contribution in [0.25, 0.3) is 10.7 Å². The number of hydrogen-bond donors (Lipinski definition) is 1. The number of anilines is 1. The third-order valence-corrected chi connectivity index (χ3v) is 7.28. The molecule has 0 bridgehead atoms. The highest BCUT2D eigenvalue weighted by Crippen LogP contribution is 2.29. The van der Waals surface area contributed by atoms with E-state index in [1.165, 1.54) is 23.1 Å². The van der Waals surface area contributed by atoms with Gasteiger partial charge in [0.15, 0.2) is 11.0 Å². The van der Waals surface area contributed by atoms with Crippen LogP contribution in [-0.4, -0.2) is 51.7 Å². The average molecular weight is 479 g/mol. The minimum atomic E-state index is -0.441. The van der Waals surface area contributed by atoms with E-state index in [0.717, 1.165) is 30.2 Å². The van der Waals surface area contributed by atoms with Crippen LogP contribution in [0.5, 0.6) is 0 Å². The first-order chi connectivity index (χ1) is 15.2. The molecule has 3 aromatic heterocycles. The van der Waals surface area contributed by atoms with Crippen molar-refractivity contribution in [3.63, 3.8) is 0 Å². The molecule has 0 aliphatic carbocycles. The van der Waals surface area contributed by atoms with Crippen molar-refractivity contribution in [3.8, 4) is 10.7 Å². The van der Waals surface area contributed by atoms with Crippen molar-refractivity contribution in [2.24, 2.45) is 0 Å². The molecule has 1 aliphatic rings. The summed E-state index contributed by atoms with van der Waals surface area (Å²) in [6.45, 7) is 3.46. The van der Waals surface area contributed by atoms with Crippen molar-refractivity contribution < 1.29 is 19.1 Å². The van der Waals surface area contributed by atoms with Gasteiger partial charge in [0.2, 0.25) is 5.91 Å². The molecule has 1 aliphatic heterocycles. The topological polar surface area (TPSA) is 95.3 Å². The summed E-state index contributed by atoms with van der Waals surface area (Å²) in [7, 11) is 0. The number of aromatic nitrogens is 3. The number of thiophene rings is 2. The van der Waals surface area contributed by atoms with E-state index in [0.29, 0.717) is 22.3 Å². The summed E-state index contributed by atoms with van der Waals surface area (Å²) in [4.78, 5) is 25.6. The monoisotopic (exact) mass is 478 g/mol. The van der Waals surface area contributed by atoms with E-state index >= 15 is 0 Å². The molecule has 164 valence electrons. The maximum absolute atomic E-state index is 12.6. The van der Waals surface area contributed by atoms with Crippen LogP contribution in [0.1, 0.15) is 30.1 Å². The normalized spacial score (nSPS) is 15.8. The zero-order valence-corrected chi connectivity index (χ0v) is 19.4. The number of rotatable bonds is 9. The smallest absolute Gasteiger partial charge is 0.341 e. The number of nitrogens with one attached hydrogen (secondary N) is 1. The molecule has 0 saturated carbocycles. The Morgan fingerprint density at radius 2 is 2.23 bits per heavy atom. The van der Waals surface area contributed by atoms with Crippen molar-refractivity contribution in [2.75, 3.05) is 24.3 Å².